The second-order valence-electron chi connectivity index (χ2n) is 12.4. The van der Waals surface area contributed by atoms with E-state index in [4.69, 9.17) is 4.42 Å². The summed E-state index contributed by atoms with van der Waals surface area (Å²) in [5, 5.41) is 9.95. The molecule has 0 spiro atoms. The zero-order valence-electron chi connectivity index (χ0n) is 24.8. The average molecular weight is 584 g/mol. The minimum Gasteiger partial charge on any atom is -0.456 e. The predicted octanol–water partition coefficient (Wildman–Crippen LogP) is 12.3. The van der Waals surface area contributed by atoms with Crippen molar-refractivity contribution in [2.45, 2.75) is 0 Å². The van der Waals surface area contributed by atoms with E-state index in [1.807, 2.05) is 6.07 Å². The molecule has 0 N–H and O–H groups in total. The predicted molar refractivity (Wildman–Crippen MR) is 193 cm³/mol. The van der Waals surface area contributed by atoms with Crippen LogP contribution in [-0.4, -0.2) is 4.57 Å². The second-order valence-corrected chi connectivity index (χ2v) is 12.4. The molecule has 10 aromatic rings. The van der Waals surface area contributed by atoms with Gasteiger partial charge in [0.05, 0.1) is 16.7 Å². The Morgan fingerprint density at radius 1 is 0.348 bits per heavy atom. The summed E-state index contributed by atoms with van der Waals surface area (Å²) in [6.07, 6.45) is 0. The van der Waals surface area contributed by atoms with Gasteiger partial charge in [0.1, 0.15) is 11.2 Å². The highest BCUT2D eigenvalue weighted by atomic mass is 16.3. The topological polar surface area (TPSA) is 18.1 Å². The number of fused-ring (bicyclic) bond motifs is 7. The molecule has 0 aliphatic heterocycles. The van der Waals surface area contributed by atoms with Crippen LogP contribution in [0.1, 0.15) is 0 Å². The van der Waals surface area contributed by atoms with Crippen molar-refractivity contribution in [3.8, 4) is 39.1 Å². The van der Waals surface area contributed by atoms with Crippen LogP contribution in [0.25, 0.3) is 104 Å². The molecule has 2 nitrogen and oxygen atoms in total. The Morgan fingerprint density at radius 2 is 0.935 bits per heavy atom. The first-order valence-corrected chi connectivity index (χ1v) is 15.9. The molecule has 1 aliphatic rings. The highest BCUT2D eigenvalue weighted by Crippen LogP contribution is 2.50. The van der Waals surface area contributed by atoms with Gasteiger partial charge in [-0.05, 0) is 85.8 Å². The zero-order chi connectivity index (χ0) is 29.9. The number of aromatic nitrogens is 1. The molecule has 2 heteroatoms. The van der Waals surface area contributed by atoms with Crippen LogP contribution in [0.5, 0.6) is 0 Å². The summed E-state index contributed by atoms with van der Waals surface area (Å²) in [5.41, 5.74) is 12.9. The van der Waals surface area contributed by atoms with Gasteiger partial charge in [0, 0.05) is 27.1 Å². The fourth-order valence-corrected chi connectivity index (χ4v) is 8.22. The lowest BCUT2D eigenvalue weighted by atomic mass is 9.93. The molecule has 0 saturated carbocycles. The molecule has 46 heavy (non-hydrogen) atoms. The molecule has 0 fully saturated rings. The summed E-state index contributed by atoms with van der Waals surface area (Å²) in [6.45, 7) is 0. The Hall–Kier alpha value is -6.12. The molecule has 0 atom stereocenters. The molecule has 0 amide bonds. The number of hydrogen-bond donors (Lipinski definition) is 0. The van der Waals surface area contributed by atoms with Crippen molar-refractivity contribution < 1.29 is 4.42 Å². The van der Waals surface area contributed by atoms with E-state index in [0.29, 0.717) is 0 Å². The molecule has 8 aromatic carbocycles. The van der Waals surface area contributed by atoms with Gasteiger partial charge in [-0.1, -0.05) is 115 Å². The Labute approximate surface area is 264 Å². The van der Waals surface area contributed by atoms with E-state index in [1.165, 1.54) is 82.4 Å². The van der Waals surface area contributed by atoms with E-state index in [9.17, 15) is 0 Å². The van der Waals surface area contributed by atoms with Gasteiger partial charge in [-0.2, -0.15) is 0 Å². The van der Waals surface area contributed by atoms with Crippen molar-refractivity contribution >= 4 is 65.3 Å². The van der Waals surface area contributed by atoms with E-state index in [2.05, 4.69) is 150 Å². The summed E-state index contributed by atoms with van der Waals surface area (Å²) >= 11 is 0. The molecule has 2 aromatic heterocycles. The molecule has 212 valence electrons. The lowest BCUT2D eigenvalue weighted by Crippen LogP contribution is -1.99. The normalized spacial score (nSPS) is 12.3. The monoisotopic (exact) mass is 583 g/mol. The van der Waals surface area contributed by atoms with Gasteiger partial charge in [-0.15, -0.1) is 0 Å². The number of benzene rings is 8. The zero-order valence-corrected chi connectivity index (χ0v) is 24.8. The standard InChI is InChI=1S/C44H25NO/c1-2-11-28-25-38(35(24-27(28)10-1)33-18-9-21-40-42(33)34-15-5-6-20-39(34)46-40)45-36-19-8-17-32-30-14-4-3-13-29(30)31-16-7-12-26-22-23-37(45)44(41(26)31)43(32)36/h1-25H. The van der Waals surface area contributed by atoms with Crippen molar-refractivity contribution in [2.75, 3.05) is 0 Å². The summed E-state index contributed by atoms with van der Waals surface area (Å²) in [5.74, 6) is 0. The highest BCUT2D eigenvalue weighted by molar-refractivity contribution is 6.30. The van der Waals surface area contributed by atoms with Gasteiger partial charge in [-0.25, -0.2) is 0 Å². The van der Waals surface area contributed by atoms with E-state index < -0.39 is 0 Å². The van der Waals surface area contributed by atoms with Gasteiger partial charge in [-0.3, -0.25) is 0 Å². The highest BCUT2D eigenvalue weighted by Gasteiger charge is 2.26. The van der Waals surface area contributed by atoms with E-state index in [0.717, 1.165) is 21.9 Å². The summed E-state index contributed by atoms with van der Waals surface area (Å²) in [6, 6.07) is 55.4. The van der Waals surface area contributed by atoms with Crippen LogP contribution in [0, 0.1) is 0 Å². The molecule has 11 rings (SSSR count). The van der Waals surface area contributed by atoms with E-state index >= 15 is 0 Å². The van der Waals surface area contributed by atoms with Gasteiger partial charge in [0.15, 0.2) is 0 Å². The molecule has 0 saturated heterocycles. The van der Waals surface area contributed by atoms with Crippen LogP contribution in [0.15, 0.2) is 156 Å². The third-order valence-electron chi connectivity index (χ3n) is 10.1. The van der Waals surface area contributed by atoms with Crippen LogP contribution in [0.4, 0.5) is 0 Å². The first-order valence-electron chi connectivity index (χ1n) is 15.9. The van der Waals surface area contributed by atoms with Gasteiger partial charge < -0.3 is 8.98 Å². The maximum Gasteiger partial charge on any atom is 0.136 e. The molecule has 2 heterocycles. The Balaban J connectivity index is 1.36. The van der Waals surface area contributed by atoms with E-state index in [1.54, 1.807) is 0 Å². The molecule has 1 aliphatic carbocycles. The SMILES string of the molecule is c1ccc2c(c1)-c1cccc3ccc4c(c13)c1c-2cccc1n4-c1cc2ccccc2cc1-c1cccc2oc3ccccc3c12. The van der Waals surface area contributed by atoms with E-state index in [-0.39, 0.29) is 0 Å². The van der Waals surface area contributed by atoms with Crippen LogP contribution in [0.3, 0.4) is 0 Å². The van der Waals surface area contributed by atoms with Crippen LogP contribution < -0.4 is 0 Å². The van der Waals surface area contributed by atoms with Crippen molar-refractivity contribution in [3.05, 3.63) is 152 Å². The minimum absolute atomic E-state index is 0.906. The van der Waals surface area contributed by atoms with Gasteiger partial charge >= 0.3 is 0 Å². The lowest BCUT2D eigenvalue weighted by molar-refractivity contribution is 0.669. The fourth-order valence-electron chi connectivity index (χ4n) is 8.22. The molecular formula is C44H25NO. The van der Waals surface area contributed by atoms with Crippen molar-refractivity contribution in [1.29, 1.82) is 0 Å². The number of para-hydroxylation sites is 1. The summed E-state index contributed by atoms with van der Waals surface area (Å²) in [4.78, 5) is 0. The van der Waals surface area contributed by atoms with Crippen LogP contribution in [-0.2, 0) is 0 Å². The Morgan fingerprint density at radius 3 is 1.78 bits per heavy atom. The van der Waals surface area contributed by atoms with Crippen LogP contribution >= 0.6 is 0 Å². The van der Waals surface area contributed by atoms with Crippen molar-refractivity contribution in [1.82, 2.24) is 4.57 Å². The molecule has 0 radical (unpaired) electrons. The Kier molecular flexibility index (Phi) is 4.61. The maximum atomic E-state index is 6.38. The quantitative estimate of drug-likeness (QED) is 0.198. The fraction of sp³-hybridized carbons (Fsp3) is 0. The molecular weight excluding hydrogens is 558 g/mol. The third-order valence-corrected chi connectivity index (χ3v) is 10.1. The summed E-state index contributed by atoms with van der Waals surface area (Å²) < 4.78 is 8.90. The second kappa shape index (κ2) is 8.74. The lowest BCUT2D eigenvalue weighted by Gasteiger charge is -2.18. The maximum absolute atomic E-state index is 6.38. The Bertz CT molecular complexity index is 2920. The molecule has 0 bridgehead atoms. The van der Waals surface area contributed by atoms with Crippen molar-refractivity contribution in [2.24, 2.45) is 0 Å². The number of nitrogens with zero attached hydrogens (tertiary/aromatic N) is 1. The van der Waals surface area contributed by atoms with Gasteiger partial charge in [0.2, 0.25) is 0 Å². The first-order chi connectivity index (χ1) is 22.8. The first kappa shape index (κ1) is 24.2. The average Bonchev–Trinajstić information content (AvgIpc) is 3.63. The van der Waals surface area contributed by atoms with Crippen molar-refractivity contribution in [3.63, 3.8) is 0 Å². The largest absolute Gasteiger partial charge is 0.456 e. The number of hydrogen-bond acceptors (Lipinski definition) is 1. The van der Waals surface area contributed by atoms with Crippen LogP contribution in [0.2, 0.25) is 0 Å². The minimum atomic E-state index is 0.906. The number of furan rings is 1. The third kappa shape index (κ3) is 3.05. The summed E-state index contributed by atoms with van der Waals surface area (Å²) in [7, 11) is 0. The number of rotatable bonds is 2. The molecule has 0 unspecified atom stereocenters. The van der Waals surface area contributed by atoms with Gasteiger partial charge in [0.25, 0.3) is 0 Å². The smallest absolute Gasteiger partial charge is 0.136 e.